The second-order valence-corrected chi connectivity index (χ2v) is 5.82. The molecule has 4 atom stereocenters. The fourth-order valence-electron chi connectivity index (χ4n) is 3.87. The molecule has 3 unspecified atom stereocenters. The molecule has 3 heterocycles. The van der Waals surface area contributed by atoms with Gasteiger partial charge in [-0.25, -0.2) is 0 Å². The quantitative estimate of drug-likeness (QED) is 0.688. The second kappa shape index (κ2) is 3.12. The van der Waals surface area contributed by atoms with Crippen LogP contribution in [0.2, 0.25) is 0 Å². The van der Waals surface area contributed by atoms with Crippen LogP contribution in [0, 0.1) is 17.8 Å². The summed E-state index contributed by atoms with van der Waals surface area (Å²) >= 11 is 0. The van der Waals surface area contributed by atoms with E-state index in [0.29, 0.717) is 30.8 Å². The van der Waals surface area contributed by atoms with Crippen LogP contribution in [0.4, 0.5) is 0 Å². The molecule has 100 valence electrons. The summed E-state index contributed by atoms with van der Waals surface area (Å²) in [6.07, 6.45) is 1.26. The summed E-state index contributed by atoms with van der Waals surface area (Å²) in [7, 11) is 0. The van der Waals surface area contributed by atoms with Crippen molar-refractivity contribution >= 4 is 5.91 Å². The summed E-state index contributed by atoms with van der Waals surface area (Å²) in [6, 6.07) is 0.126. The highest BCUT2D eigenvalue weighted by molar-refractivity contribution is 5.96. The molecule has 1 aromatic rings. The number of carbonyl (C=O) groups is 1. The molecule has 1 saturated carbocycles. The number of rotatable bonds is 0. The van der Waals surface area contributed by atoms with Crippen LogP contribution in [0.15, 0.2) is 11.0 Å². The molecule has 1 aromatic heterocycles. The Morgan fingerprint density at radius 3 is 2.74 bits per heavy atom. The van der Waals surface area contributed by atoms with Gasteiger partial charge in [0.15, 0.2) is 17.2 Å². The minimum Gasteiger partial charge on any atom is -0.503 e. The third kappa shape index (κ3) is 1.16. The Morgan fingerprint density at radius 2 is 2.00 bits per heavy atom. The van der Waals surface area contributed by atoms with Gasteiger partial charge in [0.05, 0.1) is 12.2 Å². The van der Waals surface area contributed by atoms with Gasteiger partial charge in [0.25, 0.3) is 11.3 Å². The first kappa shape index (κ1) is 10.9. The van der Waals surface area contributed by atoms with E-state index < -0.39 is 16.9 Å². The van der Waals surface area contributed by atoms with E-state index in [0.717, 1.165) is 0 Å². The van der Waals surface area contributed by atoms with Crippen LogP contribution in [0.3, 0.4) is 0 Å². The van der Waals surface area contributed by atoms with Gasteiger partial charge in [-0.15, -0.1) is 0 Å². The van der Waals surface area contributed by atoms with E-state index in [2.05, 4.69) is 6.92 Å². The van der Waals surface area contributed by atoms with E-state index in [-0.39, 0.29) is 17.6 Å². The standard InChI is InChI=1S/C13H14N2O4/c1-5-6-2-15-7(9(5)6)3-14-4-8(16)11(17)12(18)10(14)13(15)19/h4-7,9,16,18H,2-3H2,1H3/t5?,6?,7-,9?/m1/s1. The van der Waals surface area contributed by atoms with Crippen LogP contribution in [0.5, 0.6) is 11.5 Å². The molecule has 1 amide bonds. The lowest BCUT2D eigenvalue weighted by Gasteiger charge is -2.35. The average molecular weight is 262 g/mol. The van der Waals surface area contributed by atoms with E-state index in [4.69, 9.17) is 0 Å². The fraction of sp³-hybridized carbons (Fsp3) is 0.538. The topological polar surface area (TPSA) is 82.8 Å². The summed E-state index contributed by atoms with van der Waals surface area (Å²) in [5.74, 6) is 0.243. The molecule has 4 rings (SSSR count). The van der Waals surface area contributed by atoms with E-state index in [9.17, 15) is 19.8 Å². The van der Waals surface area contributed by atoms with Crippen LogP contribution < -0.4 is 5.43 Å². The second-order valence-electron chi connectivity index (χ2n) is 5.82. The smallest absolute Gasteiger partial charge is 0.274 e. The van der Waals surface area contributed by atoms with Crippen LogP contribution in [-0.4, -0.2) is 38.2 Å². The largest absolute Gasteiger partial charge is 0.503 e. The zero-order chi connectivity index (χ0) is 13.5. The molecular formula is C13H14N2O4. The maximum Gasteiger partial charge on any atom is 0.274 e. The Bertz CT molecular complexity index is 665. The molecule has 0 aromatic carbocycles. The number of amides is 1. The molecule has 1 aliphatic carbocycles. The minimum absolute atomic E-state index is 0.00741. The first-order valence-corrected chi connectivity index (χ1v) is 6.47. The molecule has 0 spiro atoms. The first-order chi connectivity index (χ1) is 9.00. The molecule has 1 saturated heterocycles. The van der Waals surface area contributed by atoms with Crippen molar-refractivity contribution in [3.05, 3.63) is 22.1 Å². The van der Waals surface area contributed by atoms with Gasteiger partial charge in [0.2, 0.25) is 0 Å². The highest BCUT2D eigenvalue weighted by Gasteiger charge is 2.61. The van der Waals surface area contributed by atoms with Crippen molar-refractivity contribution in [3.63, 3.8) is 0 Å². The Kier molecular flexibility index (Phi) is 1.79. The number of piperidine rings is 1. The molecule has 0 bridgehead atoms. The summed E-state index contributed by atoms with van der Waals surface area (Å²) in [5.41, 5.74) is -0.872. The van der Waals surface area contributed by atoms with Crippen molar-refractivity contribution in [1.29, 1.82) is 0 Å². The van der Waals surface area contributed by atoms with Gasteiger partial charge in [-0.3, -0.25) is 9.59 Å². The Labute approximate surface area is 108 Å². The number of aromatic hydroxyl groups is 2. The minimum atomic E-state index is -0.879. The fourth-order valence-corrected chi connectivity index (χ4v) is 3.87. The molecule has 2 fully saturated rings. The lowest BCUT2D eigenvalue weighted by Crippen LogP contribution is -2.48. The molecule has 2 aliphatic heterocycles. The number of aromatic nitrogens is 1. The summed E-state index contributed by atoms with van der Waals surface area (Å²) < 4.78 is 1.52. The molecule has 0 radical (unpaired) electrons. The maximum atomic E-state index is 12.4. The lowest BCUT2D eigenvalue weighted by atomic mass is 10.1. The normalized spacial score (nSPS) is 34.8. The third-order valence-electron chi connectivity index (χ3n) is 4.97. The average Bonchev–Trinajstić information content (AvgIpc) is 2.83. The highest BCUT2D eigenvalue weighted by atomic mass is 16.3. The Balaban J connectivity index is 1.86. The predicted octanol–water partition coefficient (Wildman–Crippen LogP) is -0.0204. The number of nitrogens with zero attached hydrogens (tertiary/aromatic N) is 2. The van der Waals surface area contributed by atoms with Crippen LogP contribution >= 0.6 is 0 Å². The van der Waals surface area contributed by atoms with Crippen molar-refractivity contribution in [1.82, 2.24) is 9.47 Å². The number of carbonyl (C=O) groups excluding carboxylic acids is 1. The van der Waals surface area contributed by atoms with Crippen molar-refractivity contribution in [3.8, 4) is 11.5 Å². The molecular weight excluding hydrogens is 248 g/mol. The van der Waals surface area contributed by atoms with Gasteiger partial charge in [-0.05, 0) is 17.8 Å². The number of fused-ring (bicyclic) bond motifs is 4. The monoisotopic (exact) mass is 262 g/mol. The Hall–Kier alpha value is -1.98. The molecule has 6 heteroatoms. The van der Waals surface area contributed by atoms with Crippen molar-refractivity contribution < 1.29 is 15.0 Å². The van der Waals surface area contributed by atoms with Gasteiger partial charge in [0, 0.05) is 13.1 Å². The summed E-state index contributed by atoms with van der Waals surface area (Å²) in [5, 5.41) is 19.3. The van der Waals surface area contributed by atoms with Gasteiger partial charge < -0.3 is 19.7 Å². The van der Waals surface area contributed by atoms with E-state index in [1.807, 2.05) is 0 Å². The lowest BCUT2D eigenvalue weighted by molar-refractivity contribution is 0.0606. The zero-order valence-corrected chi connectivity index (χ0v) is 10.4. The molecule has 2 N–H and O–H groups in total. The van der Waals surface area contributed by atoms with E-state index in [1.54, 1.807) is 4.90 Å². The first-order valence-electron chi connectivity index (χ1n) is 6.47. The van der Waals surface area contributed by atoms with Gasteiger partial charge >= 0.3 is 0 Å². The van der Waals surface area contributed by atoms with E-state index in [1.165, 1.54) is 10.8 Å². The molecule has 6 nitrogen and oxygen atoms in total. The zero-order valence-electron chi connectivity index (χ0n) is 10.4. The summed E-state index contributed by atoms with van der Waals surface area (Å²) in [4.78, 5) is 25.7. The van der Waals surface area contributed by atoms with Gasteiger partial charge in [0.1, 0.15) is 0 Å². The third-order valence-corrected chi connectivity index (χ3v) is 4.97. The number of hydrogen-bond acceptors (Lipinski definition) is 4. The van der Waals surface area contributed by atoms with E-state index >= 15 is 0 Å². The van der Waals surface area contributed by atoms with Crippen LogP contribution in [-0.2, 0) is 6.54 Å². The summed E-state index contributed by atoms with van der Waals surface area (Å²) in [6.45, 7) is 3.44. The van der Waals surface area contributed by atoms with Crippen LogP contribution in [0.25, 0.3) is 0 Å². The number of pyridine rings is 1. The van der Waals surface area contributed by atoms with Gasteiger partial charge in [-0.1, -0.05) is 6.92 Å². The van der Waals surface area contributed by atoms with Crippen LogP contribution in [0.1, 0.15) is 17.4 Å². The molecule has 19 heavy (non-hydrogen) atoms. The highest BCUT2D eigenvalue weighted by Crippen LogP contribution is 2.56. The van der Waals surface area contributed by atoms with Crippen molar-refractivity contribution in [2.45, 2.75) is 19.5 Å². The van der Waals surface area contributed by atoms with Crippen molar-refractivity contribution in [2.75, 3.05) is 6.54 Å². The SMILES string of the molecule is CC1C2CN3C(=O)c4c(O)c(=O)c(O)cn4C[C@@H]3C12. The Morgan fingerprint density at radius 1 is 1.26 bits per heavy atom. The van der Waals surface area contributed by atoms with Crippen molar-refractivity contribution in [2.24, 2.45) is 17.8 Å². The molecule has 3 aliphatic rings. The number of hydrogen-bond donors (Lipinski definition) is 2. The predicted molar refractivity (Wildman–Crippen MR) is 65.0 cm³/mol. The maximum absolute atomic E-state index is 12.4. The van der Waals surface area contributed by atoms with Gasteiger partial charge in [-0.2, -0.15) is 0 Å².